The van der Waals surface area contributed by atoms with E-state index >= 15 is 0 Å². The Bertz CT molecular complexity index is 678. The number of hydrogen-bond donors (Lipinski definition) is 1. The molecule has 0 saturated carbocycles. The van der Waals surface area contributed by atoms with Gasteiger partial charge in [-0.3, -0.25) is 4.98 Å². The number of carboxylic acids is 1. The smallest absolute Gasteiger partial charge is 0.335 e. The van der Waals surface area contributed by atoms with Gasteiger partial charge in [-0.2, -0.15) is 5.26 Å². The second-order valence-corrected chi connectivity index (χ2v) is 4.48. The molecule has 0 radical (unpaired) electrons. The molecule has 0 aliphatic carbocycles. The molecule has 0 spiro atoms. The predicted octanol–water partition coefficient (Wildman–Crippen LogP) is 2.68. The summed E-state index contributed by atoms with van der Waals surface area (Å²) < 4.78 is 0. The van der Waals surface area contributed by atoms with Gasteiger partial charge in [0.15, 0.2) is 0 Å². The van der Waals surface area contributed by atoms with Crippen LogP contribution >= 0.6 is 0 Å². The Morgan fingerprint density at radius 2 is 2.19 bits per heavy atom. The van der Waals surface area contributed by atoms with E-state index in [9.17, 15) is 10.1 Å². The third-order valence-electron chi connectivity index (χ3n) is 3.17. The molecule has 0 aliphatic rings. The van der Waals surface area contributed by atoms with Gasteiger partial charge in [0, 0.05) is 12.7 Å². The van der Waals surface area contributed by atoms with Crippen LogP contribution in [0.3, 0.4) is 0 Å². The summed E-state index contributed by atoms with van der Waals surface area (Å²) in [6, 6.07) is 12.3. The van der Waals surface area contributed by atoms with E-state index < -0.39 is 5.97 Å². The van der Waals surface area contributed by atoms with E-state index in [0.29, 0.717) is 18.7 Å². The van der Waals surface area contributed by atoms with Crippen molar-refractivity contribution < 1.29 is 9.90 Å². The number of aromatic nitrogens is 1. The summed E-state index contributed by atoms with van der Waals surface area (Å²) in [5, 5.41) is 18.2. The Hall–Kier alpha value is -2.87. The maximum atomic E-state index is 11.0. The normalized spacial score (nSPS) is 9.90. The highest BCUT2D eigenvalue weighted by Crippen LogP contribution is 2.23. The first-order valence-electron chi connectivity index (χ1n) is 6.58. The summed E-state index contributed by atoms with van der Waals surface area (Å²) in [6.07, 6.45) is 1.72. The van der Waals surface area contributed by atoms with E-state index in [4.69, 9.17) is 5.11 Å². The third-order valence-corrected chi connectivity index (χ3v) is 3.17. The van der Waals surface area contributed by atoms with Crippen molar-refractivity contribution in [3.05, 3.63) is 59.4 Å². The van der Waals surface area contributed by atoms with Gasteiger partial charge < -0.3 is 10.0 Å². The molecule has 0 fully saturated rings. The second-order valence-electron chi connectivity index (χ2n) is 4.48. The van der Waals surface area contributed by atoms with Crippen LogP contribution in [-0.2, 0) is 6.54 Å². The van der Waals surface area contributed by atoms with Crippen LogP contribution in [0.1, 0.15) is 28.5 Å². The van der Waals surface area contributed by atoms with Crippen LogP contribution in [0.2, 0.25) is 0 Å². The Labute approximate surface area is 123 Å². The zero-order chi connectivity index (χ0) is 15.2. The van der Waals surface area contributed by atoms with Gasteiger partial charge >= 0.3 is 5.97 Å². The molecule has 1 aromatic heterocycles. The van der Waals surface area contributed by atoms with Gasteiger partial charge in [0.05, 0.1) is 29.1 Å². The van der Waals surface area contributed by atoms with Crippen LogP contribution in [0.15, 0.2) is 42.6 Å². The van der Waals surface area contributed by atoms with Gasteiger partial charge in [0.25, 0.3) is 0 Å². The molecule has 5 nitrogen and oxygen atoms in total. The van der Waals surface area contributed by atoms with Crippen molar-refractivity contribution in [2.24, 2.45) is 0 Å². The molecule has 0 amide bonds. The maximum absolute atomic E-state index is 11.0. The van der Waals surface area contributed by atoms with Crippen molar-refractivity contribution in [2.75, 3.05) is 11.4 Å². The van der Waals surface area contributed by atoms with Crippen molar-refractivity contribution in [3.8, 4) is 6.07 Å². The monoisotopic (exact) mass is 281 g/mol. The van der Waals surface area contributed by atoms with Crippen molar-refractivity contribution >= 4 is 11.7 Å². The molecule has 106 valence electrons. The van der Waals surface area contributed by atoms with Gasteiger partial charge in [-0.25, -0.2) is 4.79 Å². The molecule has 2 rings (SSSR count). The lowest BCUT2D eigenvalue weighted by atomic mass is 10.1. The lowest BCUT2D eigenvalue weighted by Gasteiger charge is -2.24. The summed E-state index contributed by atoms with van der Waals surface area (Å²) in [5.41, 5.74) is 2.08. The summed E-state index contributed by atoms with van der Waals surface area (Å²) in [5.74, 6) is -1.04. The number of nitrogens with zero attached hydrogens (tertiary/aromatic N) is 3. The lowest BCUT2D eigenvalue weighted by Crippen LogP contribution is -2.23. The number of carboxylic acid groups (broad SMARTS) is 1. The van der Waals surface area contributed by atoms with Gasteiger partial charge in [-0.15, -0.1) is 0 Å². The highest BCUT2D eigenvalue weighted by atomic mass is 16.4. The summed E-state index contributed by atoms with van der Waals surface area (Å²) in [6.45, 7) is 3.24. The van der Waals surface area contributed by atoms with Gasteiger partial charge in [-0.05, 0) is 37.3 Å². The SMILES string of the molecule is CCN(Cc1ccccn1)c1ccc(C(=O)O)cc1C#N. The van der Waals surface area contributed by atoms with Crippen LogP contribution in [-0.4, -0.2) is 22.6 Å². The number of rotatable bonds is 5. The molecule has 0 bridgehead atoms. The number of hydrogen-bond acceptors (Lipinski definition) is 4. The second kappa shape index (κ2) is 6.53. The Balaban J connectivity index is 2.34. The third kappa shape index (κ3) is 3.37. The van der Waals surface area contributed by atoms with Crippen LogP contribution in [0.5, 0.6) is 0 Å². The minimum Gasteiger partial charge on any atom is -0.478 e. The van der Waals surface area contributed by atoms with E-state index in [0.717, 1.165) is 11.4 Å². The Morgan fingerprint density at radius 3 is 2.76 bits per heavy atom. The van der Waals surface area contributed by atoms with Crippen LogP contribution in [0, 0.1) is 11.3 Å². The summed E-state index contributed by atoms with van der Waals surface area (Å²) in [7, 11) is 0. The Kier molecular flexibility index (Phi) is 4.52. The first kappa shape index (κ1) is 14.5. The Morgan fingerprint density at radius 1 is 1.38 bits per heavy atom. The molecule has 1 N–H and O–H groups in total. The molecule has 2 aromatic rings. The predicted molar refractivity (Wildman–Crippen MR) is 79.1 cm³/mol. The largest absolute Gasteiger partial charge is 0.478 e. The fourth-order valence-corrected chi connectivity index (χ4v) is 2.09. The number of anilines is 1. The van der Waals surface area contributed by atoms with Crippen molar-refractivity contribution in [1.29, 1.82) is 5.26 Å². The van der Waals surface area contributed by atoms with E-state index in [1.165, 1.54) is 12.1 Å². The molecule has 0 unspecified atom stereocenters. The number of pyridine rings is 1. The molecule has 1 aromatic carbocycles. The molecule has 0 atom stereocenters. The number of nitriles is 1. The first-order valence-corrected chi connectivity index (χ1v) is 6.58. The minimum absolute atomic E-state index is 0.115. The van der Waals surface area contributed by atoms with Gasteiger partial charge in [-0.1, -0.05) is 6.07 Å². The molecule has 21 heavy (non-hydrogen) atoms. The molecular formula is C16H15N3O2. The maximum Gasteiger partial charge on any atom is 0.335 e. The highest BCUT2D eigenvalue weighted by molar-refractivity contribution is 5.89. The van der Waals surface area contributed by atoms with E-state index in [2.05, 4.69) is 11.1 Å². The van der Waals surface area contributed by atoms with Crippen molar-refractivity contribution in [2.45, 2.75) is 13.5 Å². The standard InChI is InChI=1S/C16H15N3O2/c1-2-19(11-14-5-3-4-8-18-14)15-7-6-12(16(20)21)9-13(15)10-17/h3-9H,2,11H2,1H3,(H,20,21). The zero-order valence-corrected chi connectivity index (χ0v) is 11.7. The van der Waals surface area contributed by atoms with Crippen LogP contribution in [0.4, 0.5) is 5.69 Å². The highest BCUT2D eigenvalue weighted by Gasteiger charge is 2.13. The van der Waals surface area contributed by atoms with Gasteiger partial charge in [0.2, 0.25) is 0 Å². The van der Waals surface area contributed by atoms with Crippen LogP contribution < -0.4 is 4.90 Å². The van der Waals surface area contributed by atoms with E-state index in [1.807, 2.05) is 30.0 Å². The van der Waals surface area contributed by atoms with Crippen molar-refractivity contribution in [1.82, 2.24) is 4.98 Å². The minimum atomic E-state index is -1.04. The first-order chi connectivity index (χ1) is 10.2. The topological polar surface area (TPSA) is 77.2 Å². The quantitative estimate of drug-likeness (QED) is 0.911. The zero-order valence-electron chi connectivity index (χ0n) is 11.7. The fourth-order valence-electron chi connectivity index (χ4n) is 2.09. The molecule has 5 heteroatoms. The lowest BCUT2D eigenvalue weighted by molar-refractivity contribution is 0.0697. The molecule has 0 saturated heterocycles. The summed E-state index contributed by atoms with van der Waals surface area (Å²) >= 11 is 0. The molecular weight excluding hydrogens is 266 g/mol. The van der Waals surface area contributed by atoms with E-state index in [1.54, 1.807) is 12.3 Å². The van der Waals surface area contributed by atoms with Crippen molar-refractivity contribution in [3.63, 3.8) is 0 Å². The fraction of sp³-hybridized carbons (Fsp3) is 0.188. The summed E-state index contributed by atoms with van der Waals surface area (Å²) in [4.78, 5) is 17.2. The average Bonchev–Trinajstić information content (AvgIpc) is 2.53. The number of benzene rings is 1. The average molecular weight is 281 g/mol. The molecule has 0 aliphatic heterocycles. The number of aromatic carboxylic acids is 1. The number of carbonyl (C=O) groups is 1. The van der Waals surface area contributed by atoms with Crippen LogP contribution in [0.25, 0.3) is 0 Å². The van der Waals surface area contributed by atoms with Gasteiger partial charge in [0.1, 0.15) is 6.07 Å². The van der Waals surface area contributed by atoms with E-state index in [-0.39, 0.29) is 5.56 Å². The molecule has 1 heterocycles.